The SMILES string of the molecule is CC1(C)[C@@H]2C[C@]3(C)O[C@@H]4C(=O)N(c5ccccc5)[C@H]4[C@@H](Cc4ccccc4)[C@H]3C[C@@H]21. The number of amides is 1. The van der Waals surface area contributed by atoms with Crippen LogP contribution >= 0.6 is 0 Å². The minimum Gasteiger partial charge on any atom is -0.360 e. The number of hydrogen-bond donors (Lipinski definition) is 0. The molecule has 2 aromatic carbocycles. The Morgan fingerprint density at radius 1 is 0.933 bits per heavy atom. The van der Waals surface area contributed by atoms with E-state index in [0.29, 0.717) is 17.3 Å². The number of benzene rings is 2. The Kier molecular flexibility index (Phi) is 3.85. The maximum absolute atomic E-state index is 13.2. The predicted molar refractivity (Wildman–Crippen MR) is 118 cm³/mol. The quantitative estimate of drug-likeness (QED) is 0.670. The lowest BCUT2D eigenvalue weighted by Crippen LogP contribution is -2.76. The van der Waals surface area contributed by atoms with E-state index in [1.54, 1.807) is 0 Å². The van der Waals surface area contributed by atoms with Crippen molar-refractivity contribution < 1.29 is 9.53 Å². The van der Waals surface area contributed by atoms with Crippen LogP contribution < -0.4 is 4.90 Å². The molecule has 2 saturated heterocycles. The first-order valence-corrected chi connectivity index (χ1v) is 11.5. The van der Waals surface area contributed by atoms with Gasteiger partial charge in [-0.2, -0.15) is 0 Å². The van der Waals surface area contributed by atoms with E-state index in [1.165, 1.54) is 12.0 Å². The molecule has 2 heterocycles. The molecule has 4 fully saturated rings. The maximum Gasteiger partial charge on any atom is 0.258 e. The summed E-state index contributed by atoms with van der Waals surface area (Å²) in [6.45, 7) is 7.14. The van der Waals surface area contributed by atoms with E-state index in [2.05, 4.69) is 63.2 Å². The van der Waals surface area contributed by atoms with Crippen molar-refractivity contribution in [2.75, 3.05) is 4.90 Å². The molecular formula is C27H31NO2. The third-order valence-electron chi connectivity index (χ3n) is 8.99. The fraction of sp³-hybridized carbons (Fsp3) is 0.519. The highest BCUT2D eigenvalue weighted by Crippen LogP contribution is 2.70. The Balaban J connectivity index is 1.40. The lowest BCUT2D eigenvalue weighted by Gasteiger charge is -2.62. The van der Waals surface area contributed by atoms with Crippen LogP contribution in [0.5, 0.6) is 0 Å². The summed E-state index contributed by atoms with van der Waals surface area (Å²) in [5, 5.41) is 0. The molecule has 0 aromatic heterocycles. The Morgan fingerprint density at radius 3 is 2.30 bits per heavy atom. The second-order valence-corrected chi connectivity index (χ2v) is 10.8. The van der Waals surface area contributed by atoms with Crippen LogP contribution in [-0.2, 0) is 16.0 Å². The Morgan fingerprint density at radius 2 is 1.60 bits per heavy atom. The van der Waals surface area contributed by atoms with Gasteiger partial charge in [0.1, 0.15) is 0 Å². The highest BCUT2D eigenvalue weighted by molar-refractivity contribution is 6.05. The summed E-state index contributed by atoms with van der Waals surface area (Å²) in [4.78, 5) is 15.3. The zero-order valence-corrected chi connectivity index (χ0v) is 18.1. The second-order valence-electron chi connectivity index (χ2n) is 10.8. The highest BCUT2D eigenvalue weighted by atomic mass is 16.5. The Hall–Kier alpha value is -2.13. The first-order valence-electron chi connectivity index (χ1n) is 11.5. The fourth-order valence-corrected chi connectivity index (χ4v) is 7.19. The van der Waals surface area contributed by atoms with E-state index in [1.807, 2.05) is 23.1 Å². The van der Waals surface area contributed by atoms with Gasteiger partial charge in [-0.1, -0.05) is 62.4 Å². The number of carbonyl (C=O) groups excluding carboxylic acids is 1. The van der Waals surface area contributed by atoms with E-state index >= 15 is 0 Å². The number of anilines is 1. The summed E-state index contributed by atoms with van der Waals surface area (Å²) < 4.78 is 6.71. The zero-order valence-electron chi connectivity index (χ0n) is 18.1. The van der Waals surface area contributed by atoms with Crippen molar-refractivity contribution in [3.63, 3.8) is 0 Å². The van der Waals surface area contributed by atoms with Crippen LogP contribution in [0.4, 0.5) is 5.69 Å². The molecule has 2 aliphatic carbocycles. The van der Waals surface area contributed by atoms with E-state index in [4.69, 9.17) is 4.74 Å². The van der Waals surface area contributed by atoms with Crippen LogP contribution in [0.3, 0.4) is 0 Å². The summed E-state index contributed by atoms with van der Waals surface area (Å²) in [6.07, 6.45) is 3.05. The minimum atomic E-state index is -0.293. The fourth-order valence-electron chi connectivity index (χ4n) is 7.19. The van der Waals surface area contributed by atoms with Crippen LogP contribution in [0.1, 0.15) is 39.2 Å². The first-order chi connectivity index (χ1) is 14.4. The van der Waals surface area contributed by atoms with E-state index in [9.17, 15) is 4.79 Å². The van der Waals surface area contributed by atoms with Crippen LogP contribution in [0.2, 0.25) is 0 Å². The summed E-state index contributed by atoms with van der Waals surface area (Å²) in [7, 11) is 0. The minimum absolute atomic E-state index is 0.136. The van der Waals surface area contributed by atoms with Crippen LogP contribution in [0.25, 0.3) is 0 Å². The number of carbonyl (C=O) groups is 1. The lowest BCUT2D eigenvalue weighted by molar-refractivity contribution is -0.218. The van der Waals surface area contributed by atoms with Crippen molar-refractivity contribution in [1.82, 2.24) is 0 Å². The number of hydrogen-bond acceptors (Lipinski definition) is 2. The standard InChI is InChI=1S/C27H31NO2/c1-26(2)21-15-20-19(14-17-10-6-4-7-11-17)23-24(30-27(20,3)16-22(21)26)25(29)28(23)18-12-8-5-9-13-18/h4-13,19-24H,14-16H2,1-3H3/t19-,20+,21-,22+,23-,24-,27-/m0/s1. The van der Waals surface area contributed by atoms with Gasteiger partial charge < -0.3 is 9.64 Å². The van der Waals surface area contributed by atoms with Gasteiger partial charge in [0.25, 0.3) is 5.91 Å². The van der Waals surface area contributed by atoms with Crippen molar-refractivity contribution in [3.05, 3.63) is 66.2 Å². The van der Waals surface area contributed by atoms with Gasteiger partial charge in [0.15, 0.2) is 6.10 Å². The molecule has 6 rings (SSSR count). The third-order valence-corrected chi connectivity index (χ3v) is 8.99. The molecular weight excluding hydrogens is 370 g/mol. The Labute approximate surface area is 179 Å². The molecule has 2 saturated carbocycles. The molecule has 0 spiro atoms. The number of para-hydroxylation sites is 1. The molecule has 7 atom stereocenters. The number of nitrogens with zero attached hydrogens (tertiary/aromatic N) is 1. The highest BCUT2D eigenvalue weighted by Gasteiger charge is 2.70. The maximum atomic E-state index is 13.2. The number of β-lactam (4-membered cyclic amide) rings is 1. The van der Waals surface area contributed by atoms with Gasteiger partial charge in [-0.15, -0.1) is 0 Å². The smallest absolute Gasteiger partial charge is 0.258 e. The number of rotatable bonds is 3. The van der Waals surface area contributed by atoms with Crippen molar-refractivity contribution in [1.29, 1.82) is 0 Å². The summed E-state index contributed by atoms with van der Waals surface area (Å²) in [5.41, 5.74) is 2.61. The van der Waals surface area contributed by atoms with Crippen LogP contribution in [0, 0.1) is 29.1 Å². The zero-order chi connectivity index (χ0) is 20.7. The third kappa shape index (κ3) is 2.51. The molecule has 1 amide bonds. The second kappa shape index (κ2) is 6.20. The van der Waals surface area contributed by atoms with Crippen LogP contribution in [0.15, 0.2) is 60.7 Å². The van der Waals surface area contributed by atoms with E-state index < -0.39 is 0 Å². The molecule has 0 unspecified atom stereocenters. The van der Waals surface area contributed by atoms with Gasteiger partial charge in [0.05, 0.1) is 11.6 Å². The van der Waals surface area contributed by atoms with Crippen molar-refractivity contribution >= 4 is 11.6 Å². The van der Waals surface area contributed by atoms with Gasteiger partial charge in [0.2, 0.25) is 0 Å². The van der Waals surface area contributed by atoms with Crippen molar-refractivity contribution in [3.8, 4) is 0 Å². The summed E-state index contributed by atoms with van der Waals surface area (Å²) in [6, 6.07) is 21.1. The van der Waals surface area contributed by atoms with Crippen LogP contribution in [-0.4, -0.2) is 23.7 Å². The molecule has 3 heteroatoms. The monoisotopic (exact) mass is 401 g/mol. The first kappa shape index (κ1) is 18.6. The predicted octanol–water partition coefficient (Wildman–Crippen LogP) is 5.10. The molecule has 0 N–H and O–H groups in total. The molecule has 2 aromatic rings. The van der Waals surface area contributed by atoms with Gasteiger partial charge in [-0.25, -0.2) is 0 Å². The number of fused-ring (bicyclic) bond motifs is 3. The van der Waals surface area contributed by atoms with Gasteiger partial charge in [-0.05, 0) is 73.0 Å². The molecule has 0 bridgehead atoms. The summed E-state index contributed by atoms with van der Waals surface area (Å²) in [5.74, 6) is 2.59. The molecule has 156 valence electrons. The molecule has 30 heavy (non-hydrogen) atoms. The number of ether oxygens (including phenoxy) is 1. The average Bonchev–Trinajstić information content (AvgIpc) is 3.27. The van der Waals surface area contributed by atoms with E-state index in [0.717, 1.165) is 30.4 Å². The molecule has 0 radical (unpaired) electrons. The summed E-state index contributed by atoms with van der Waals surface area (Å²) >= 11 is 0. The van der Waals surface area contributed by atoms with Crippen molar-refractivity contribution in [2.45, 2.75) is 57.8 Å². The molecule has 2 aliphatic heterocycles. The average molecular weight is 402 g/mol. The van der Waals surface area contributed by atoms with Gasteiger partial charge >= 0.3 is 0 Å². The topological polar surface area (TPSA) is 29.5 Å². The largest absolute Gasteiger partial charge is 0.360 e. The lowest BCUT2D eigenvalue weighted by atomic mass is 9.61. The molecule has 3 nitrogen and oxygen atoms in total. The van der Waals surface area contributed by atoms with Gasteiger partial charge in [-0.3, -0.25) is 4.79 Å². The van der Waals surface area contributed by atoms with Gasteiger partial charge in [0, 0.05) is 5.69 Å². The normalized spacial score (nSPS) is 40.6. The Bertz CT molecular complexity index is 971. The molecule has 4 aliphatic rings. The van der Waals surface area contributed by atoms with E-state index in [-0.39, 0.29) is 23.7 Å². The van der Waals surface area contributed by atoms with Crippen molar-refractivity contribution in [2.24, 2.45) is 29.1 Å².